The lowest BCUT2D eigenvalue weighted by Crippen LogP contribution is -2.35. The van der Waals surface area contributed by atoms with Crippen molar-refractivity contribution in [3.05, 3.63) is 34.9 Å². The summed E-state index contributed by atoms with van der Waals surface area (Å²) in [5.74, 6) is 0.0441. The van der Waals surface area contributed by atoms with E-state index in [2.05, 4.69) is 10.2 Å². The van der Waals surface area contributed by atoms with Crippen molar-refractivity contribution in [1.82, 2.24) is 10.2 Å². The number of carbonyl (C=O) groups excluding carboxylic acids is 1. The van der Waals surface area contributed by atoms with Gasteiger partial charge >= 0.3 is 0 Å². The third kappa shape index (κ3) is 5.27. The molecule has 0 spiro atoms. The molecule has 122 valence electrons. The van der Waals surface area contributed by atoms with Crippen molar-refractivity contribution in [2.24, 2.45) is 0 Å². The molecule has 1 fully saturated rings. The van der Waals surface area contributed by atoms with Crippen LogP contribution < -0.4 is 5.32 Å². The molecule has 1 aromatic rings. The van der Waals surface area contributed by atoms with E-state index >= 15 is 0 Å². The maximum atomic E-state index is 12.0. The molecule has 1 amide bonds. The number of amides is 1. The van der Waals surface area contributed by atoms with Crippen LogP contribution in [0.1, 0.15) is 38.2 Å². The van der Waals surface area contributed by atoms with Gasteiger partial charge in [0.15, 0.2) is 0 Å². The Morgan fingerprint density at radius 1 is 1.50 bits per heavy atom. The number of halogens is 1. The Balaban J connectivity index is 1.72. The van der Waals surface area contributed by atoms with Gasteiger partial charge in [-0.25, -0.2) is 0 Å². The summed E-state index contributed by atoms with van der Waals surface area (Å²) in [6, 6.07) is 7.95. The van der Waals surface area contributed by atoms with Crippen LogP contribution in [0.25, 0.3) is 0 Å². The number of aliphatic hydroxyl groups is 1. The van der Waals surface area contributed by atoms with E-state index in [0.29, 0.717) is 24.0 Å². The van der Waals surface area contributed by atoms with Crippen LogP contribution in [0, 0.1) is 0 Å². The highest BCUT2D eigenvalue weighted by Gasteiger charge is 2.25. The summed E-state index contributed by atoms with van der Waals surface area (Å²) in [6.45, 7) is 4.07. The van der Waals surface area contributed by atoms with Crippen molar-refractivity contribution in [2.75, 3.05) is 13.1 Å². The summed E-state index contributed by atoms with van der Waals surface area (Å²) in [7, 11) is 0. The number of benzene rings is 1. The lowest BCUT2D eigenvalue weighted by Gasteiger charge is -2.25. The molecule has 0 aliphatic carbocycles. The minimum atomic E-state index is -0.278. The Kier molecular flexibility index (Phi) is 6.68. The molecule has 22 heavy (non-hydrogen) atoms. The Morgan fingerprint density at radius 3 is 3.00 bits per heavy atom. The van der Waals surface area contributed by atoms with Crippen LogP contribution in [0.15, 0.2) is 24.3 Å². The first-order chi connectivity index (χ1) is 10.6. The fourth-order valence-corrected chi connectivity index (χ4v) is 3.22. The van der Waals surface area contributed by atoms with Crippen molar-refractivity contribution in [1.29, 1.82) is 0 Å². The molecule has 1 heterocycles. The molecule has 2 unspecified atom stereocenters. The van der Waals surface area contributed by atoms with Crippen LogP contribution in [0.2, 0.25) is 5.02 Å². The van der Waals surface area contributed by atoms with E-state index in [-0.39, 0.29) is 12.0 Å². The topological polar surface area (TPSA) is 52.6 Å². The summed E-state index contributed by atoms with van der Waals surface area (Å²) >= 11 is 6.07. The van der Waals surface area contributed by atoms with Gasteiger partial charge in [-0.3, -0.25) is 9.69 Å². The molecule has 2 atom stereocenters. The maximum Gasteiger partial charge on any atom is 0.221 e. The van der Waals surface area contributed by atoms with E-state index in [1.807, 2.05) is 31.2 Å². The van der Waals surface area contributed by atoms with E-state index in [9.17, 15) is 9.90 Å². The largest absolute Gasteiger partial charge is 0.393 e. The number of rotatable bonds is 7. The van der Waals surface area contributed by atoms with Crippen molar-refractivity contribution in [3.8, 4) is 0 Å². The first-order valence-electron chi connectivity index (χ1n) is 7.98. The number of hydrogen-bond acceptors (Lipinski definition) is 3. The van der Waals surface area contributed by atoms with Crippen LogP contribution in [-0.2, 0) is 11.3 Å². The van der Waals surface area contributed by atoms with E-state index in [1.54, 1.807) is 0 Å². The van der Waals surface area contributed by atoms with E-state index in [1.165, 1.54) is 0 Å². The highest BCUT2D eigenvalue weighted by atomic mass is 35.5. The average molecular weight is 325 g/mol. The molecule has 0 bridgehead atoms. The Hall–Kier alpha value is -1.10. The molecule has 4 nitrogen and oxygen atoms in total. The first kappa shape index (κ1) is 17.3. The number of nitrogens with zero attached hydrogens (tertiary/aromatic N) is 1. The summed E-state index contributed by atoms with van der Waals surface area (Å²) in [5, 5.41) is 13.1. The fourth-order valence-electron chi connectivity index (χ4n) is 3.02. The zero-order valence-electron chi connectivity index (χ0n) is 13.1. The molecule has 1 aromatic carbocycles. The van der Waals surface area contributed by atoms with Crippen molar-refractivity contribution in [3.63, 3.8) is 0 Å². The molecule has 1 saturated heterocycles. The molecule has 1 aliphatic heterocycles. The van der Waals surface area contributed by atoms with Gasteiger partial charge in [0, 0.05) is 30.6 Å². The first-order valence-corrected chi connectivity index (χ1v) is 8.36. The van der Waals surface area contributed by atoms with Gasteiger partial charge in [0.25, 0.3) is 0 Å². The third-order valence-electron chi connectivity index (χ3n) is 4.17. The van der Waals surface area contributed by atoms with Crippen LogP contribution in [-0.4, -0.2) is 41.1 Å². The van der Waals surface area contributed by atoms with Gasteiger partial charge in [0.1, 0.15) is 0 Å². The van der Waals surface area contributed by atoms with E-state index in [0.717, 1.165) is 37.9 Å². The van der Waals surface area contributed by atoms with Gasteiger partial charge in [0.2, 0.25) is 5.91 Å². The minimum absolute atomic E-state index is 0.0441. The van der Waals surface area contributed by atoms with E-state index in [4.69, 9.17) is 11.6 Å². The minimum Gasteiger partial charge on any atom is -0.393 e. The Morgan fingerprint density at radius 2 is 2.27 bits per heavy atom. The number of hydrogen-bond donors (Lipinski definition) is 2. The molecular formula is C17H25ClN2O2. The second-order valence-electron chi connectivity index (χ2n) is 6.03. The highest BCUT2D eigenvalue weighted by Crippen LogP contribution is 2.21. The molecular weight excluding hydrogens is 300 g/mol. The fraction of sp³-hybridized carbons (Fsp3) is 0.588. The number of carbonyl (C=O) groups is 1. The van der Waals surface area contributed by atoms with E-state index < -0.39 is 0 Å². The smallest absolute Gasteiger partial charge is 0.221 e. The number of aliphatic hydroxyl groups excluding tert-OH is 1. The predicted octanol–water partition coefficient (Wildman–Crippen LogP) is 2.58. The van der Waals surface area contributed by atoms with Gasteiger partial charge in [-0.15, -0.1) is 0 Å². The summed E-state index contributed by atoms with van der Waals surface area (Å²) in [5.41, 5.74) is 0.936. The molecule has 0 saturated carbocycles. The van der Waals surface area contributed by atoms with Gasteiger partial charge in [-0.1, -0.05) is 29.8 Å². The molecule has 0 radical (unpaired) electrons. The molecule has 0 aromatic heterocycles. The molecule has 5 heteroatoms. The molecule has 1 aliphatic rings. The standard InChI is InChI=1S/C17H25ClN2O2/c1-13(21)11-15-6-4-9-20(15)10-8-17(22)19-12-14-5-2-3-7-16(14)18/h2-3,5,7,13,15,21H,4,6,8-12H2,1H3,(H,19,22). The maximum absolute atomic E-state index is 12.0. The van der Waals surface area contributed by atoms with Crippen LogP contribution >= 0.6 is 11.6 Å². The number of nitrogens with one attached hydrogen (secondary N) is 1. The van der Waals surface area contributed by atoms with Crippen molar-refractivity contribution in [2.45, 2.75) is 51.3 Å². The molecule has 2 rings (SSSR count). The van der Waals surface area contributed by atoms with Gasteiger partial charge in [0.05, 0.1) is 6.10 Å². The Bertz CT molecular complexity index is 493. The monoisotopic (exact) mass is 324 g/mol. The van der Waals surface area contributed by atoms with Crippen LogP contribution in [0.4, 0.5) is 0 Å². The van der Waals surface area contributed by atoms with Crippen molar-refractivity contribution < 1.29 is 9.90 Å². The SMILES string of the molecule is CC(O)CC1CCCN1CCC(=O)NCc1ccccc1Cl. The third-order valence-corrected chi connectivity index (χ3v) is 4.54. The summed E-state index contributed by atoms with van der Waals surface area (Å²) in [4.78, 5) is 14.3. The lowest BCUT2D eigenvalue weighted by molar-refractivity contribution is -0.121. The normalized spacial score (nSPS) is 20.0. The van der Waals surface area contributed by atoms with Gasteiger partial charge in [-0.2, -0.15) is 0 Å². The van der Waals surface area contributed by atoms with Gasteiger partial charge in [-0.05, 0) is 44.4 Å². The van der Waals surface area contributed by atoms with Crippen LogP contribution in [0.3, 0.4) is 0 Å². The zero-order valence-corrected chi connectivity index (χ0v) is 13.9. The van der Waals surface area contributed by atoms with Gasteiger partial charge < -0.3 is 10.4 Å². The summed E-state index contributed by atoms with van der Waals surface area (Å²) in [6.07, 6.45) is 3.27. The highest BCUT2D eigenvalue weighted by molar-refractivity contribution is 6.31. The summed E-state index contributed by atoms with van der Waals surface area (Å²) < 4.78 is 0. The second-order valence-corrected chi connectivity index (χ2v) is 6.44. The number of likely N-dealkylation sites (tertiary alicyclic amines) is 1. The quantitative estimate of drug-likeness (QED) is 0.810. The van der Waals surface area contributed by atoms with Crippen LogP contribution in [0.5, 0.6) is 0 Å². The predicted molar refractivity (Wildman–Crippen MR) is 88.8 cm³/mol. The molecule has 2 N–H and O–H groups in total. The zero-order chi connectivity index (χ0) is 15.9. The lowest BCUT2D eigenvalue weighted by atomic mass is 10.1. The second kappa shape index (κ2) is 8.51. The average Bonchev–Trinajstić information content (AvgIpc) is 2.90. The van der Waals surface area contributed by atoms with Crippen molar-refractivity contribution >= 4 is 17.5 Å². The Labute approximate surface area is 137 Å².